The van der Waals surface area contributed by atoms with Crippen LogP contribution < -0.4 is 0 Å². The number of benzene rings is 8. The van der Waals surface area contributed by atoms with Gasteiger partial charge in [0.1, 0.15) is 5.82 Å². The zero-order chi connectivity index (χ0) is 32.3. The van der Waals surface area contributed by atoms with E-state index >= 15 is 0 Å². The maximum Gasteiger partial charge on any atom is 0.138 e. The molecule has 10 rings (SSSR count). The average Bonchev–Trinajstić information content (AvgIpc) is 3.52. The second kappa shape index (κ2) is 11.0. The number of aromatic nitrogens is 2. The summed E-state index contributed by atoms with van der Waals surface area (Å²) in [5.74, 6) is 0.906. The molecule has 2 heteroatoms. The minimum absolute atomic E-state index is 0.906. The molecule has 0 amide bonds. The second-order valence-electron chi connectivity index (χ2n) is 12.8. The van der Waals surface area contributed by atoms with Crippen LogP contribution in [0.15, 0.2) is 182 Å². The van der Waals surface area contributed by atoms with Crippen molar-refractivity contribution in [1.82, 2.24) is 9.55 Å². The summed E-state index contributed by atoms with van der Waals surface area (Å²) in [5.41, 5.74) is 8.99. The molecule has 0 aliphatic rings. The largest absolute Gasteiger partial charge is 0.294 e. The van der Waals surface area contributed by atoms with Crippen molar-refractivity contribution in [3.63, 3.8) is 0 Å². The second-order valence-corrected chi connectivity index (χ2v) is 12.8. The molecule has 8 aromatic carbocycles. The molecule has 228 valence electrons. The number of pyridine rings is 1. The lowest BCUT2D eigenvalue weighted by Crippen LogP contribution is -2.00. The average molecular weight is 623 g/mol. The van der Waals surface area contributed by atoms with E-state index in [1.165, 1.54) is 54.2 Å². The monoisotopic (exact) mass is 622 g/mol. The molecule has 0 saturated heterocycles. The van der Waals surface area contributed by atoms with Gasteiger partial charge in [0.2, 0.25) is 0 Å². The standard InChI is InChI=1S/C47H30N2/c1-2-13-31(14-3-1)35-29-44(48-47(30-35)49-45-23-10-8-21-41(45)42-22-9-11-24-46(42)49)34-16-12-15-32(27-34)33-25-26-40-38-19-5-4-17-36(38)37-18-6-7-20-39(37)43(40)28-33/h1-30H. The van der Waals surface area contributed by atoms with Crippen LogP contribution in [0.1, 0.15) is 0 Å². The fraction of sp³-hybridized carbons (Fsp3) is 0. The highest BCUT2D eigenvalue weighted by Crippen LogP contribution is 2.39. The van der Waals surface area contributed by atoms with Crippen molar-refractivity contribution in [2.45, 2.75) is 0 Å². The van der Waals surface area contributed by atoms with Crippen molar-refractivity contribution < 1.29 is 0 Å². The molecule has 0 atom stereocenters. The Kier molecular flexibility index (Phi) is 6.22. The first-order valence-corrected chi connectivity index (χ1v) is 16.8. The molecule has 0 aliphatic heterocycles. The minimum atomic E-state index is 0.906. The summed E-state index contributed by atoms with van der Waals surface area (Å²) in [4.78, 5) is 5.39. The molecule has 0 unspecified atom stereocenters. The third kappa shape index (κ3) is 4.46. The fourth-order valence-electron chi connectivity index (χ4n) is 7.69. The summed E-state index contributed by atoms with van der Waals surface area (Å²) in [7, 11) is 0. The van der Waals surface area contributed by atoms with Crippen molar-refractivity contribution in [2.24, 2.45) is 0 Å². The topological polar surface area (TPSA) is 17.8 Å². The van der Waals surface area contributed by atoms with Crippen LogP contribution >= 0.6 is 0 Å². The first kappa shape index (κ1) is 27.6. The van der Waals surface area contributed by atoms with E-state index in [-0.39, 0.29) is 0 Å². The molecule has 0 saturated carbocycles. The van der Waals surface area contributed by atoms with E-state index in [0.717, 1.165) is 39.2 Å². The van der Waals surface area contributed by atoms with Crippen LogP contribution in [0.3, 0.4) is 0 Å². The fourth-order valence-corrected chi connectivity index (χ4v) is 7.69. The highest BCUT2D eigenvalue weighted by Gasteiger charge is 2.16. The Morgan fingerprint density at radius 1 is 0.286 bits per heavy atom. The minimum Gasteiger partial charge on any atom is -0.294 e. The third-order valence-electron chi connectivity index (χ3n) is 9.96. The Morgan fingerprint density at radius 2 is 0.776 bits per heavy atom. The summed E-state index contributed by atoms with van der Waals surface area (Å²) < 4.78 is 2.31. The number of nitrogens with zero attached hydrogens (tertiary/aromatic N) is 2. The molecule has 0 radical (unpaired) electrons. The first-order chi connectivity index (χ1) is 24.3. The lowest BCUT2D eigenvalue weighted by Gasteiger charge is -2.14. The summed E-state index contributed by atoms with van der Waals surface area (Å²) in [6.45, 7) is 0. The molecule has 0 fully saturated rings. The van der Waals surface area contributed by atoms with Gasteiger partial charge in [-0.05, 0) is 91.0 Å². The van der Waals surface area contributed by atoms with Crippen LogP contribution in [0.5, 0.6) is 0 Å². The normalized spacial score (nSPS) is 11.7. The van der Waals surface area contributed by atoms with Crippen molar-refractivity contribution >= 4 is 54.1 Å². The molecule has 0 spiro atoms. The van der Waals surface area contributed by atoms with Gasteiger partial charge in [-0.1, -0.05) is 146 Å². The maximum absolute atomic E-state index is 5.39. The van der Waals surface area contributed by atoms with Crippen LogP contribution in [-0.4, -0.2) is 9.55 Å². The SMILES string of the molecule is c1ccc(-c2cc(-c3cccc(-c4ccc5c6ccccc6c6ccccc6c5c4)c3)nc(-n3c4ccccc4c4ccccc43)c2)cc1. The Balaban J connectivity index is 1.17. The Bertz CT molecular complexity index is 2790. The van der Waals surface area contributed by atoms with Crippen LogP contribution in [-0.2, 0) is 0 Å². The van der Waals surface area contributed by atoms with Gasteiger partial charge >= 0.3 is 0 Å². The van der Waals surface area contributed by atoms with E-state index in [4.69, 9.17) is 4.98 Å². The Labute approximate surface area is 284 Å². The van der Waals surface area contributed by atoms with Crippen LogP contribution in [0.25, 0.3) is 93.5 Å². The molecule has 2 nitrogen and oxygen atoms in total. The summed E-state index contributed by atoms with van der Waals surface area (Å²) in [6.07, 6.45) is 0. The van der Waals surface area contributed by atoms with Gasteiger partial charge < -0.3 is 0 Å². The van der Waals surface area contributed by atoms with Crippen LogP contribution in [0.4, 0.5) is 0 Å². The van der Waals surface area contributed by atoms with Gasteiger partial charge in [0.25, 0.3) is 0 Å². The van der Waals surface area contributed by atoms with E-state index in [1.807, 2.05) is 0 Å². The van der Waals surface area contributed by atoms with Crippen LogP contribution in [0.2, 0.25) is 0 Å². The van der Waals surface area contributed by atoms with Crippen molar-refractivity contribution in [2.75, 3.05) is 0 Å². The number of hydrogen-bond acceptors (Lipinski definition) is 1. The predicted molar refractivity (Wildman–Crippen MR) is 207 cm³/mol. The maximum atomic E-state index is 5.39. The lowest BCUT2D eigenvalue weighted by atomic mass is 9.91. The smallest absolute Gasteiger partial charge is 0.138 e. The number of para-hydroxylation sites is 2. The molecule has 0 bridgehead atoms. The zero-order valence-electron chi connectivity index (χ0n) is 26.7. The van der Waals surface area contributed by atoms with Crippen LogP contribution in [0, 0.1) is 0 Å². The van der Waals surface area contributed by atoms with Crippen molar-refractivity contribution in [3.8, 4) is 39.3 Å². The van der Waals surface area contributed by atoms with Gasteiger partial charge in [0.05, 0.1) is 16.7 Å². The van der Waals surface area contributed by atoms with E-state index < -0.39 is 0 Å². The summed E-state index contributed by atoms with van der Waals surface area (Å²) in [5, 5.41) is 10.2. The number of hydrogen-bond donors (Lipinski definition) is 0. The van der Waals surface area contributed by atoms with Crippen molar-refractivity contribution in [3.05, 3.63) is 182 Å². The van der Waals surface area contributed by atoms with E-state index in [2.05, 4.69) is 187 Å². The number of rotatable bonds is 4. The number of fused-ring (bicyclic) bond motifs is 9. The first-order valence-electron chi connectivity index (χ1n) is 16.8. The van der Waals surface area contributed by atoms with Gasteiger partial charge in [-0.25, -0.2) is 4.98 Å². The van der Waals surface area contributed by atoms with Gasteiger partial charge in [0, 0.05) is 16.3 Å². The van der Waals surface area contributed by atoms with Crippen molar-refractivity contribution in [1.29, 1.82) is 0 Å². The molecule has 10 aromatic rings. The summed E-state index contributed by atoms with van der Waals surface area (Å²) >= 11 is 0. The molecule has 2 heterocycles. The van der Waals surface area contributed by atoms with Gasteiger partial charge in [0.15, 0.2) is 0 Å². The van der Waals surface area contributed by atoms with Gasteiger partial charge in [-0.2, -0.15) is 0 Å². The molecule has 0 N–H and O–H groups in total. The van der Waals surface area contributed by atoms with E-state index in [1.54, 1.807) is 0 Å². The Morgan fingerprint density at radius 3 is 1.43 bits per heavy atom. The van der Waals surface area contributed by atoms with Gasteiger partial charge in [-0.15, -0.1) is 0 Å². The van der Waals surface area contributed by atoms with Gasteiger partial charge in [-0.3, -0.25) is 4.57 Å². The quantitative estimate of drug-likeness (QED) is 0.179. The lowest BCUT2D eigenvalue weighted by molar-refractivity contribution is 1.08. The van der Waals surface area contributed by atoms with E-state index in [9.17, 15) is 0 Å². The zero-order valence-corrected chi connectivity index (χ0v) is 26.7. The third-order valence-corrected chi connectivity index (χ3v) is 9.96. The Hall–Kier alpha value is -6.51. The predicted octanol–water partition coefficient (Wildman–Crippen LogP) is 12.6. The highest BCUT2D eigenvalue weighted by atomic mass is 15.1. The molecular formula is C47H30N2. The molecule has 49 heavy (non-hydrogen) atoms. The van der Waals surface area contributed by atoms with E-state index in [0.29, 0.717) is 0 Å². The molecule has 2 aromatic heterocycles. The highest BCUT2D eigenvalue weighted by molar-refractivity contribution is 6.25. The molecular weight excluding hydrogens is 593 g/mol. The molecule has 0 aliphatic carbocycles. The summed E-state index contributed by atoms with van der Waals surface area (Å²) in [6, 6.07) is 65.6.